The van der Waals surface area contributed by atoms with Gasteiger partial charge in [0.1, 0.15) is 11.5 Å². The summed E-state index contributed by atoms with van der Waals surface area (Å²) in [5.41, 5.74) is 1.67. The molecule has 2 aliphatic heterocycles. The standard InChI is InChI=1S/C20H19ClN6OS/c1-2-13-17(21)16-18(24-13)25-20(26-19(16)27-9-11(28)10-27)29-12-5-6-15-14(23-8-12)4-3-7-22-15/h3-4,6-8,11,28H,2,5,9-10H2,1H3,(H,24,25,26). The van der Waals surface area contributed by atoms with Crippen molar-refractivity contribution in [2.24, 2.45) is 4.99 Å². The fourth-order valence-corrected chi connectivity index (χ4v) is 4.60. The monoisotopic (exact) mass is 426 g/mol. The number of aliphatic hydroxyl groups excluding tert-OH is 1. The first-order chi connectivity index (χ1) is 14.1. The summed E-state index contributed by atoms with van der Waals surface area (Å²) in [6, 6.07) is 3.83. The molecule has 0 saturated carbocycles. The van der Waals surface area contributed by atoms with Gasteiger partial charge >= 0.3 is 0 Å². The van der Waals surface area contributed by atoms with Gasteiger partial charge < -0.3 is 15.0 Å². The van der Waals surface area contributed by atoms with Crippen LogP contribution in [0, 0.1) is 0 Å². The predicted octanol–water partition coefficient (Wildman–Crippen LogP) is 2.19. The Hall–Kier alpha value is -2.42. The lowest BCUT2D eigenvalue weighted by atomic mass is 10.1. The van der Waals surface area contributed by atoms with Crippen LogP contribution in [0.5, 0.6) is 0 Å². The number of aromatic amines is 1. The smallest absolute Gasteiger partial charge is 0.196 e. The largest absolute Gasteiger partial charge is 0.389 e. The molecule has 0 radical (unpaired) electrons. The molecule has 0 atom stereocenters. The molecule has 1 fully saturated rings. The molecule has 0 spiro atoms. The number of thioether (sulfide) groups is 1. The molecule has 0 aromatic carbocycles. The molecule has 1 saturated heterocycles. The maximum absolute atomic E-state index is 9.76. The normalized spacial score (nSPS) is 16.5. The van der Waals surface area contributed by atoms with E-state index < -0.39 is 0 Å². The van der Waals surface area contributed by atoms with Crippen LogP contribution >= 0.6 is 23.4 Å². The molecular weight excluding hydrogens is 408 g/mol. The van der Waals surface area contributed by atoms with E-state index in [1.165, 1.54) is 11.8 Å². The van der Waals surface area contributed by atoms with Crippen LogP contribution in [0.3, 0.4) is 0 Å². The lowest BCUT2D eigenvalue weighted by Gasteiger charge is -2.37. The first-order valence-electron chi connectivity index (χ1n) is 9.49. The molecule has 3 aromatic rings. The Bertz CT molecular complexity index is 1250. The molecule has 5 rings (SSSR count). The molecule has 2 aliphatic rings. The molecule has 9 heteroatoms. The number of β-amino-alcohol motifs (C(OH)–C–C–N with tert-alkyl or cyclic N) is 1. The molecule has 7 nitrogen and oxygen atoms in total. The number of aryl methyl sites for hydroxylation is 1. The Morgan fingerprint density at radius 3 is 3.00 bits per heavy atom. The number of rotatable bonds is 4. The minimum Gasteiger partial charge on any atom is -0.389 e. The zero-order valence-corrected chi connectivity index (χ0v) is 17.3. The predicted molar refractivity (Wildman–Crippen MR) is 115 cm³/mol. The summed E-state index contributed by atoms with van der Waals surface area (Å²) < 4.78 is 0. The van der Waals surface area contributed by atoms with Crippen LogP contribution < -0.4 is 15.6 Å². The van der Waals surface area contributed by atoms with E-state index >= 15 is 0 Å². The van der Waals surface area contributed by atoms with Crippen molar-refractivity contribution in [3.8, 4) is 0 Å². The Kier molecular flexibility index (Phi) is 4.77. The minimum atomic E-state index is -0.330. The maximum atomic E-state index is 9.76. The van der Waals surface area contributed by atoms with Gasteiger partial charge in [-0.2, -0.15) is 0 Å². The highest BCUT2D eigenvalue weighted by Crippen LogP contribution is 2.38. The van der Waals surface area contributed by atoms with Gasteiger partial charge in [-0.15, -0.1) is 0 Å². The van der Waals surface area contributed by atoms with E-state index in [-0.39, 0.29) is 6.10 Å². The zero-order chi connectivity index (χ0) is 20.0. The first kappa shape index (κ1) is 18.6. The number of anilines is 1. The summed E-state index contributed by atoms with van der Waals surface area (Å²) in [4.78, 5) is 24.8. The van der Waals surface area contributed by atoms with Crippen LogP contribution in [0.25, 0.3) is 17.1 Å². The summed E-state index contributed by atoms with van der Waals surface area (Å²) >= 11 is 8.08. The average Bonchev–Trinajstić information content (AvgIpc) is 2.89. The van der Waals surface area contributed by atoms with Crippen molar-refractivity contribution in [3.05, 3.63) is 50.9 Å². The van der Waals surface area contributed by atoms with E-state index in [9.17, 15) is 5.11 Å². The molecule has 0 bridgehead atoms. The summed E-state index contributed by atoms with van der Waals surface area (Å²) in [6.45, 7) is 3.14. The molecule has 29 heavy (non-hydrogen) atoms. The van der Waals surface area contributed by atoms with Crippen LogP contribution in [-0.4, -0.2) is 44.2 Å². The van der Waals surface area contributed by atoms with Crippen molar-refractivity contribution < 1.29 is 5.11 Å². The van der Waals surface area contributed by atoms with Crippen LogP contribution in [0.2, 0.25) is 5.02 Å². The van der Waals surface area contributed by atoms with E-state index in [1.807, 2.05) is 30.2 Å². The van der Waals surface area contributed by atoms with Crippen LogP contribution in [0.4, 0.5) is 5.82 Å². The van der Waals surface area contributed by atoms with E-state index in [1.54, 1.807) is 6.20 Å². The number of nitrogens with zero attached hydrogens (tertiary/aromatic N) is 5. The Morgan fingerprint density at radius 2 is 2.21 bits per heavy atom. The van der Waals surface area contributed by atoms with Crippen LogP contribution in [0.15, 0.2) is 39.6 Å². The quantitative estimate of drug-likeness (QED) is 0.621. The fraction of sp³-hybridized carbons (Fsp3) is 0.300. The van der Waals surface area contributed by atoms with Crippen molar-refractivity contribution in [1.29, 1.82) is 0 Å². The Balaban J connectivity index is 1.54. The van der Waals surface area contributed by atoms with E-state index in [4.69, 9.17) is 21.6 Å². The van der Waals surface area contributed by atoms with Crippen molar-refractivity contribution in [2.45, 2.75) is 31.0 Å². The molecule has 5 heterocycles. The molecule has 3 aromatic heterocycles. The number of allylic oxidation sites excluding steroid dienone is 1. The molecule has 0 aliphatic carbocycles. The number of hydrogen-bond donors (Lipinski definition) is 2. The number of fused-ring (bicyclic) bond motifs is 2. The molecule has 0 unspecified atom stereocenters. The number of nitrogens with one attached hydrogen (secondary N) is 1. The molecular formula is C20H19ClN6OS. The molecule has 148 valence electrons. The maximum Gasteiger partial charge on any atom is 0.196 e. The van der Waals surface area contributed by atoms with Gasteiger partial charge in [-0.25, -0.2) is 9.97 Å². The topological polar surface area (TPSA) is 90.3 Å². The van der Waals surface area contributed by atoms with Gasteiger partial charge in [0.2, 0.25) is 0 Å². The minimum absolute atomic E-state index is 0.330. The number of hydrogen-bond acceptors (Lipinski definition) is 7. The highest BCUT2D eigenvalue weighted by molar-refractivity contribution is 8.02. The highest BCUT2D eigenvalue weighted by Gasteiger charge is 2.30. The van der Waals surface area contributed by atoms with Crippen molar-refractivity contribution in [1.82, 2.24) is 19.9 Å². The van der Waals surface area contributed by atoms with Gasteiger partial charge in [-0.1, -0.05) is 36.4 Å². The van der Waals surface area contributed by atoms with E-state index in [0.717, 1.165) is 44.6 Å². The number of aliphatic hydroxyl groups is 1. The molecule has 0 amide bonds. The Morgan fingerprint density at radius 1 is 1.34 bits per heavy atom. The van der Waals surface area contributed by atoms with Gasteiger partial charge in [0.05, 0.1) is 27.2 Å². The molecule has 2 N–H and O–H groups in total. The van der Waals surface area contributed by atoms with Crippen molar-refractivity contribution >= 4 is 46.3 Å². The summed E-state index contributed by atoms with van der Waals surface area (Å²) in [6.07, 6.45) is 6.86. The van der Waals surface area contributed by atoms with Crippen LogP contribution in [-0.2, 0) is 6.42 Å². The zero-order valence-electron chi connectivity index (χ0n) is 15.8. The van der Waals surface area contributed by atoms with E-state index in [2.05, 4.69) is 21.0 Å². The lowest BCUT2D eigenvalue weighted by Crippen LogP contribution is -2.51. The third kappa shape index (κ3) is 3.41. The highest BCUT2D eigenvalue weighted by atomic mass is 35.5. The number of pyridine rings is 1. The van der Waals surface area contributed by atoms with Gasteiger partial charge in [-0.05, 0) is 18.6 Å². The van der Waals surface area contributed by atoms with Crippen molar-refractivity contribution in [3.63, 3.8) is 0 Å². The van der Waals surface area contributed by atoms with Gasteiger partial charge in [0, 0.05) is 42.5 Å². The number of aromatic nitrogens is 4. The van der Waals surface area contributed by atoms with E-state index in [0.29, 0.717) is 29.7 Å². The SMILES string of the molecule is CCc1[nH]c2nc(SC3=CN=c4cccnc4=CC3)nc(N3CC(O)C3)c2c1Cl. The Labute approximate surface area is 176 Å². The van der Waals surface area contributed by atoms with Gasteiger partial charge in [-0.3, -0.25) is 9.98 Å². The number of halogens is 1. The second-order valence-corrected chi connectivity index (χ2v) is 8.50. The fourth-order valence-electron chi connectivity index (χ4n) is 3.47. The average molecular weight is 427 g/mol. The summed E-state index contributed by atoms with van der Waals surface area (Å²) in [5.74, 6) is 0.767. The third-order valence-corrected chi connectivity index (χ3v) is 6.34. The first-order valence-corrected chi connectivity index (χ1v) is 10.7. The number of H-pyrrole nitrogens is 1. The second-order valence-electron chi connectivity index (χ2n) is 7.03. The summed E-state index contributed by atoms with van der Waals surface area (Å²) in [7, 11) is 0. The van der Waals surface area contributed by atoms with Crippen LogP contribution in [0.1, 0.15) is 19.0 Å². The van der Waals surface area contributed by atoms with Gasteiger partial charge in [0.15, 0.2) is 5.16 Å². The van der Waals surface area contributed by atoms with Gasteiger partial charge in [0.25, 0.3) is 0 Å². The summed E-state index contributed by atoms with van der Waals surface area (Å²) in [5, 5.41) is 13.6. The third-order valence-electron chi connectivity index (χ3n) is 5.02. The lowest BCUT2D eigenvalue weighted by molar-refractivity contribution is 0.141. The van der Waals surface area contributed by atoms with Crippen molar-refractivity contribution in [2.75, 3.05) is 18.0 Å². The second kappa shape index (κ2) is 7.44.